The van der Waals surface area contributed by atoms with Crippen LogP contribution in [0, 0.1) is 16.4 Å². The van der Waals surface area contributed by atoms with Gasteiger partial charge < -0.3 is 11.1 Å². The maximum absolute atomic E-state index is 12.0. The SMILES string of the molecule is CCCC(CCN)CCC(=O)Nc1ccc(C)c(I)c1. The molecule has 20 heavy (non-hydrogen) atoms. The highest BCUT2D eigenvalue weighted by Crippen LogP contribution is 2.19. The van der Waals surface area contributed by atoms with Crippen molar-refractivity contribution in [2.24, 2.45) is 11.7 Å². The highest BCUT2D eigenvalue weighted by molar-refractivity contribution is 14.1. The minimum atomic E-state index is 0.0998. The molecule has 0 saturated carbocycles. The number of anilines is 1. The predicted octanol–water partition coefficient (Wildman–Crippen LogP) is 4.08. The molecule has 112 valence electrons. The molecule has 0 aliphatic rings. The van der Waals surface area contributed by atoms with Gasteiger partial charge >= 0.3 is 0 Å². The minimum absolute atomic E-state index is 0.0998. The number of nitrogens with one attached hydrogen (secondary N) is 1. The molecule has 3 nitrogen and oxygen atoms in total. The summed E-state index contributed by atoms with van der Waals surface area (Å²) in [6.07, 6.45) is 4.84. The molecule has 1 aromatic rings. The van der Waals surface area contributed by atoms with Gasteiger partial charge in [0, 0.05) is 15.7 Å². The third-order valence-corrected chi connectivity index (χ3v) is 4.67. The quantitative estimate of drug-likeness (QED) is 0.660. The summed E-state index contributed by atoms with van der Waals surface area (Å²) < 4.78 is 1.17. The van der Waals surface area contributed by atoms with Crippen LogP contribution in [0.4, 0.5) is 5.69 Å². The van der Waals surface area contributed by atoms with E-state index in [-0.39, 0.29) is 5.91 Å². The molecule has 0 aromatic heterocycles. The molecule has 0 heterocycles. The van der Waals surface area contributed by atoms with Crippen molar-refractivity contribution in [3.8, 4) is 0 Å². The van der Waals surface area contributed by atoms with Crippen molar-refractivity contribution in [3.63, 3.8) is 0 Å². The second-order valence-corrected chi connectivity index (χ2v) is 6.45. The second-order valence-electron chi connectivity index (χ2n) is 5.28. The number of aryl methyl sites for hydroxylation is 1. The fraction of sp³-hybridized carbons (Fsp3) is 0.562. The van der Waals surface area contributed by atoms with Crippen molar-refractivity contribution in [1.29, 1.82) is 0 Å². The molecule has 0 aliphatic carbocycles. The lowest BCUT2D eigenvalue weighted by atomic mass is 9.94. The Bertz CT molecular complexity index is 428. The van der Waals surface area contributed by atoms with Gasteiger partial charge in [-0.05, 0) is 72.5 Å². The van der Waals surface area contributed by atoms with Crippen molar-refractivity contribution in [1.82, 2.24) is 0 Å². The van der Waals surface area contributed by atoms with Gasteiger partial charge in [0.15, 0.2) is 0 Å². The number of carbonyl (C=O) groups is 1. The molecule has 0 bridgehead atoms. The van der Waals surface area contributed by atoms with Crippen LogP contribution in [0.3, 0.4) is 0 Å². The summed E-state index contributed by atoms with van der Waals surface area (Å²) in [5.41, 5.74) is 7.74. The minimum Gasteiger partial charge on any atom is -0.330 e. The van der Waals surface area contributed by atoms with Gasteiger partial charge in [-0.2, -0.15) is 0 Å². The summed E-state index contributed by atoms with van der Waals surface area (Å²) in [4.78, 5) is 12.0. The number of carbonyl (C=O) groups excluding carboxylic acids is 1. The van der Waals surface area contributed by atoms with E-state index >= 15 is 0 Å². The Hall–Kier alpha value is -0.620. The number of amides is 1. The van der Waals surface area contributed by atoms with E-state index in [4.69, 9.17) is 5.73 Å². The first-order chi connectivity index (χ1) is 9.56. The summed E-state index contributed by atoms with van der Waals surface area (Å²) in [6.45, 7) is 4.95. The van der Waals surface area contributed by atoms with Gasteiger partial charge in [-0.15, -0.1) is 0 Å². The van der Waals surface area contributed by atoms with Crippen LogP contribution >= 0.6 is 22.6 Å². The molecule has 0 aliphatic heterocycles. The number of nitrogens with two attached hydrogens (primary N) is 1. The van der Waals surface area contributed by atoms with Crippen LogP contribution in [-0.2, 0) is 4.79 Å². The second kappa shape index (κ2) is 9.34. The lowest BCUT2D eigenvalue weighted by Crippen LogP contribution is -2.15. The first kappa shape index (κ1) is 17.4. The van der Waals surface area contributed by atoms with Crippen LogP contribution < -0.4 is 11.1 Å². The molecule has 0 fully saturated rings. The van der Waals surface area contributed by atoms with Crippen molar-refractivity contribution in [2.45, 2.75) is 46.0 Å². The van der Waals surface area contributed by atoms with E-state index in [1.54, 1.807) is 0 Å². The molecule has 1 unspecified atom stereocenters. The predicted molar refractivity (Wildman–Crippen MR) is 93.8 cm³/mol. The van der Waals surface area contributed by atoms with Gasteiger partial charge in [0.1, 0.15) is 0 Å². The van der Waals surface area contributed by atoms with Gasteiger partial charge in [-0.1, -0.05) is 25.8 Å². The number of rotatable bonds is 8. The number of hydrogen-bond donors (Lipinski definition) is 2. The molecule has 3 N–H and O–H groups in total. The van der Waals surface area contributed by atoms with Gasteiger partial charge in [0.05, 0.1) is 0 Å². The summed E-state index contributed by atoms with van der Waals surface area (Å²) in [5, 5.41) is 2.97. The highest BCUT2D eigenvalue weighted by Gasteiger charge is 2.10. The molecule has 0 saturated heterocycles. The van der Waals surface area contributed by atoms with E-state index in [1.807, 2.05) is 18.2 Å². The Morgan fingerprint density at radius 2 is 2.10 bits per heavy atom. The average molecular weight is 388 g/mol. The summed E-state index contributed by atoms with van der Waals surface area (Å²) in [7, 11) is 0. The standard InChI is InChI=1S/C16H25IN2O/c1-3-4-13(9-10-18)6-8-16(20)19-14-7-5-12(2)15(17)11-14/h5,7,11,13H,3-4,6,8-10,18H2,1-2H3,(H,19,20). The smallest absolute Gasteiger partial charge is 0.224 e. The zero-order valence-electron chi connectivity index (χ0n) is 12.4. The summed E-state index contributed by atoms with van der Waals surface area (Å²) in [6, 6.07) is 6.00. The van der Waals surface area contributed by atoms with Crippen LogP contribution in [0.25, 0.3) is 0 Å². The van der Waals surface area contributed by atoms with Crippen LogP contribution in [-0.4, -0.2) is 12.5 Å². The zero-order chi connectivity index (χ0) is 15.0. The molecule has 1 atom stereocenters. The Balaban J connectivity index is 2.44. The van der Waals surface area contributed by atoms with E-state index in [1.165, 1.54) is 9.13 Å². The van der Waals surface area contributed by atoms with Crippen LogP contribution in [0.15, 0.2) is 18.2 Å². The molecular formula is C16H25IN2O. The highest BCUT2D eigenvalue weighted by atomic mass is 127. The van der Waals surface area contributed by atoms with E-state index in [2.05, 4.69) is 41.8 Å². The molecule has 0 spiro atoms. The Kier molecular flexibility index (Phi) is 8.14. The summed E-state index contributed by atoms with van der Waals surface area (Å²) >= 11 is 2.29. The van der Waals surface area contributed by atoms with Crippen molar-refractivity contribution >= 4 is 34.2 Å². The van der Waals surface area contributed by atoms with E-state index in [9.17, 15) is 4.79 Å². The fourth-order valence-corrected chi connectivity index (χ4v) is 2.82. The maximum Gasteiger partial charge on any atom is 0.224 e. The molecule has 1 aromatic carbocycles. The van der Waals surface area contributed by atoms with Crippen molar-refractivity contribution in [3.05, 3.63) is 27.3 Å². The van der Waals surface area contributed by atoms with E-state index in [0.29, 0.717) is 18.9 Å². The van der Waals surface area contributed by atoms with Crippen molar-refractivity contribution in [2.75, 3.05) is 11.9 Å². The van der Waals surface area contributed by atoms with Gasteiger partial charge in [0.25, 0.3) is 0 Å². The fourth-order valence-electron chi connectivity index (χ4n) is 2.31. The third-order valence-electron chi connectivity index (χ3n) is 3.51. The zero-order valence-corrected chi connectivity index (χ0v) is 14.6. The third kappa shape index (κ3) is 6.22. The molecule has 4 heteroatoms. The van der Waals surface area contributed by atoms with E-state index < -0.39 is 0 Å². The first-order valence-corrected chi connectivity index (χ1v) is 8.40. The normalized spacial score (nSPS) is 12.2. The Morgan fingerprint density at radius 3 is 2.70 bits per heavy atom. The van der Waals surface area contributed by atoms with Gasteiger partial charge in [-0.25, -0.2) is 0 Å². The lowest BCUT2D eigenvalue weighted by Gasteiger charge is -2.14. The molecule has 1 amide bonds. The first-order valence-electron chi connectivity index (χ1n) is 7.32. The summed E-state index contributed by atoms with van der Waals surface area (Å²) in [5.74, 6) is 0.677. The van der Waals surface area contributed by atoms with E-state index in [0.717, 1.165) is 31.4 Å². The number of halogens is 1. The van der Waals surface area contributed by atoms with Gasteiger partial charge in [-0.3, -0.25) is 4.79 Å². The Morgan fingerprint density at radius 1 is 1.35 bits per heavy atom. The number of benzene rings is 1. The largest absolute Gasteiger partial charge is 0.330 e. The van der Waals surface area contributed by atoms with Crippen LogP contribution in [0.2, 0.25) is 0 Å². The lowest BCUT2D eigenvalue weighted by molar-refractivity contribution is -0.116. The number of hydrogen-bond acceptors (Lipinski definition) is 2. The van der Waals surface area contributed by atoms with Gasteiger partial charge in [0.2, 0.25) is 5.91 Å². The molecular weight excluding hydrogens is 363 g/mol. The average Bonchev–Trinajstić information content (AvgIpc) is 2.41. The molecule has 1 rings (SSSR count). The maximum atomic E-state index is 12.0. The van der Waals surface area contributed by atoms with Crippen LogP contribution in [0.1, 0.15) is 44.6 Å². The monoisotopic (exact) mass is 388 g/mol. The van der Waals surface area contributed by atoms with Crippen molar-refractivity contribution < 1.29 is 4.79 Å². The molecule has 0 radical (unpaired) electrons. The topological polar surface area (TPSA) is 55.1 Å². The van der Waals surface area contributed by atoms with Crippen LogP contribution in [0.5, 0.6) is 0 Å². The Labute approximate surface area is 135 Å².